The molecule has 1 fully saturated rings. The number of hydrogen-bond acceptors (Lipinski definition) is 4. The second-order valence-electron chi connectivity index (χ2n) is 6.43. The number of amides is 1. The number of ether oxygens (including phenoxy) is 1. The zero-order valence-corrected chi connectivity index (χ0v) is 14.7. The fourth-order valence-corrected chi connectivity index (χ4v) is 3.07. The minimum absolute atomic E-state index is 0.0567. The van der Waals surface area contributed by atoms with E-state index in [2.05, 4.69) is 0 Å². The molecule has 1 aromatic carbocycles. The third-order valence-corrected chi connectivity index (χ3v) is 4.50. The Morgan fingerprint density at radius 1 is 1.08 bits per heavy atom. The maximum absolute atomic E-state index is 13.8. The molecule has 0 radical (unpaired) electrons. The van der Waals surface area contributed by atoms with Gasteiger partial charge >= 0.3 is 5.97 Å². The van der Waals surface area contributed by atoms with Crippen LogP contribution in [0.2, 0.25) is 0 Å². The fourth-order valence-electron chi connectivity index (χ4n) is 3.07. The first-order chi connectivity index (χ1) is 12.6. The predicted molar refractivity (Wildman–Crippen MR) is 94.0 cm³/mol. The van der Waals surface area contributed by atoms with Gasteiger partial charge in [-0.3, -0.25) is 4.79 Å². The maximum atomic E-state index is 13.8. The van der Waals surface area contributed by atoms with Crippen molar-refractivity contribution in [3.63, 3.8) is 0 Å². The van der Waals surface area contributed by atoms with E-state index in [0.29, 0.717) is 13.1 Å². The predicted octanol–water partition coefficient (Wildman–Crippen LogP) is 4.03. The summed E-state index contributed by atoms with van der Waals surface area (Å²) in [5.41, 5.74) is 0.264. The summed E-state index contributed by atoms with van der Waals surface area (Å²) in [6, 6.07) is 9.07. The number of carbonyl (C=O) groups excluding carboxylic acids is 2. The van der Waals surface area contributed by atoms with Gasteiger partial charge < -0.3 is 14.1 Å². The van der Waals surface area contributed by atoms with E-state index in [9.17, 15) is 14.0 Å². The number of hydrogen-bond donors (Lipinski definition) is 0. The van der Waals surface area contributed by atoms with Crippen molar-refractivity contribution >= 4 is 11.9 Å². The van der Waals surface area contributed by atoms with Crippen LogP contribution in [0.3, 0.4) is 0 Å². The van der Waals surface area contributed by atoms with Crippen molar-refractivity contribution < 1.29 is 23.1 Å². The number of carbonyl (C=O) groups is 2. The molecule has 0 bridgehead atoms. The summed E-state index contributed by atoms with van der Waals surface area (Å²) in [7, 11) is 0. The van der Waals surface area contributed by atoms with Crippen molar-refractivity contribution in [3.05, 3.63) is 48.0 Å². The van der Waals surface area contributed by atoms with Crippen LogP contribution in [0.1, 0.15) is 43.2 Å². The van der Waals surface area contributed by atoms with Crippen LogP contribution >= 0.6 is 0 Å². The van der Waals surface area contributed by atoms with Crippen LogP contribution in [0.15, 0.2) is 40.8 Å². The van der Waals surface area contributed by atoms with E-state index < -0.39 is 17.9 Å². The number of likely N-dealkylation sites (tertiary alicyclic amines) is 1. The highest BCUT2D eigenvalue weighted by Crippen LogP contribution is 2.25. The first-order valence-electron chi connectivity index (χ1n) is 8.91. The van der Waals surface area contributed by atoms with Crippen molar-refractivity contribution in [2.24, 2.45) is 0 Å². The van der Waals surface area contributed by atoms with Crippen LogP contribution < -0.4 is 0 Å². The van der Waals surface area contributed by atoms with Gasteiger partial charge in [0.05, 0.1) is 5.56 Å². The molecule has 5 nitrogen and oxygen atoms in total. The topological polar surface area (TPSA) is 59.8 Å². The smallest absolute Gasteiger partial charge is 0.375 e. The molecule has 1 saturated heterocycles. The molecule has 26 heavy (non-hydrogen) atoms. The van der Waals surface area contributed by atoms with Crippen molar-refractivity contribution in [3.8, 4) is 11.3 Å². The van der Waals surface area contributed by atoms with Crippen LogP contribution in [0.25, 0.3) is 11.3 Å². The molecule has 0 N–H and O–H groups in total. The highest BCUT2D eigenvalue weighted by Gasteiger charge is 2.26. The first-order valence-corrected chi connectivity index (χ1v) is 8.91. The molecule has 1 unspecified atom stereocenters. The molecule has 2 aromatic rings. The van der Waals surface area contributed by atoms with E-state index in [1.807, 2.05) is 0 Å². The average Bonchev–Trinajstić information content (AvgIpc) is 2.97. The number of esters is 1. The highest BCUT2D eigenvalue weighted by atomic mass is 19.1. The van der Waals surface area contributed by atoms with Gasteiger partial charge in [-0.15, -0.1) is 0 Å². The molecule has 1 aromatic heterocycles. The molecule has 0 saturated carbocycles. The van der Waals surface area contributed by atoms with Crippen LogP contribution in [-0.4, -0.2) is 36.0 Å². The van der Waals surface area contributed by atoms with E-state index in [4.69, 9.17) is 9.15 Å². The molecule has 138 valence electrons. The molecular formula is C20H22FNO4. The van der Waals surface area contributed by atoms with Crippen molar-refractivity contribution in [1.82, 2.24) is 4.90 Å². The van der Waals surface area contributed by atoms with Crippen LogP contribution in [-0.2, 0) is 9.53 Å². The minimum atomic E-state index is -0.886. The quantitative estimate of drug-likeness (QED) is 0.773. The van der Waals surface area contributed by atoms with Crippen LogP contribution in [0, 0.1) is 5.82 Å². The van der Waals surface area contributed by atoms with Crippen molar-refractivity contribution in [2.45, 2.75) is 38.7 Å². The number of benzene rings is 1. The van der Waals surface area contributed by atoms with Gasteiger partial charge in [0.15, 0.2) is 6.10 Å². The Morgan fingerprint density at radius 3 is 2.46 bits per heavy atom. The maximum Gasteiger partial charge on any atom is 0.375 e. The van der Waals surface area contributed by atoms with E-state index in [1.165, 1.54) is 18.2 Å². The Balaban J connectivity index is 1.64. The number of halogens is 1. The number of nitrogens with zero attached hydrogens (tertiary/aromatic N) is 1. The zero-order chi connectivity index (χ0) is 18.5. The van der Waals surface area contributed by atoms with Gasteiger partial charge in [-0.05, 0) is 44.0 Å². The third-order valence-electron chi connectivity index (χ3n) is 4.50. The lowest BCUT2D eigenvalue weighted by Crippen LogP contribution is -2.40. The average molecular weight is 359 g/mol. The number of rotatable bonds is 4. The van der Waals surface area contributed by atoms with E-state index in [1.54, 1.807) is 30.0 Å². The molecule has 2 heterocycles. The molecule has 1 atom stereocenters. The van der Waals surface area contributed by atoms with Gasteiger partial charge in [0.2, 0.25) is 5.76 Å². The molecular weight excluding hydrogens is 337 g/mol. The summed E-state index contributed by atoms with van der Waals surface area (Å²) < 4.78 is 24.5. The van der Waals surface area contributed by atoms with Crippen LogP contribution in [0.5, 0.6) is 0 Å². The van der Waals surface area contributed by atoms with Gasteiger partial charge in [-0.2, -0.15) is 0 Å². The van der Waals surface area contributed by atoms with Crippen molar-refractivity contribution in [2.75, 3.05) is 13.1 Å². The van der Waals surface area contributed by atoms with Gasteiger partial charge in [0.25, 0.3) is 5.91 Å². The summed E-state index contributed by atoms with van der Waals surface area (Å²) in [4.78, 5) is 26.5. The highest BCUT2D eigenvalue weighted by molar-refractivity contribution is 5.90. The summed E-state index contributed by atoms with van der Waals surface area (Å²) in [5, 5.41) is 0. The SMILES string of the molecule is CC(OC(=O)c1ccc(-c2ccccc2F)o1)C(=O)N1CCCCCC1. The lowest BCUT2D eigenvalue weighted by atomic mass is 10.1. The summed E-state index contributed by atoms with van der Waals surface area (Å²) in [6.45, 7) is 2.95. The second-order valence-corrected chi connectivity index (χ2v) is 6.43. The largest absolute Gasteiger partial charge is 0.449 e. The van der Waals surface area contributed by atoms with E-state index in [0.717, 1.165) is 25.7 Å². The van der Waals surface area contributed by atoms with Gasteiger partial charge in [-0.1, -0.05) is 25.0 Å². The molecule has 1 aliphatic rings. The summed E-state index contributed by atoms with van der Waals surface area (Å²) in [6.07, 6.45) is 3.28. The third kappa shape index (κ3) is 4.12. The summed E-state index contributed by atoms with van der Waals surface area (Å²) >= 11 is 0. The number of furan rings is 1. The Bertz CT molecular complexity index is 778. The Hall–Kier alpha value is -2.63. The fraction of sp³-hybridized carbons (Fsp3) is 0.400. The Kier molecular flexibility index (Phi) is 5.71. The molecule has 1 aliphatic heterocycles. The lowest BCUT2D eigenvalue weighted by molar-refractivity contribution is -0.139. The lowest BCUT2D eigenvalue weighted by Gasteiger charge is -2.23. The molecule has 0 spiro atoms. The second kappa shape index (κ2) is 8.17. The molecule has 6 heteroatoms. The minimum Gasteiger partial charge on any atom is -0.449 e. The van der Waals surface area contributed by atoms with E-state index >= 15 is 0 Å². The normalized spacial score (nSPS) is 16.0. The zero-order valence-electron chi connectivity index (χ0n) is 14.7. The van der Waals surface area contributed by atoms with Gasteiger partial charge in [0.1, 0.15) is 11.6 Å². The molecule has 0 aliphatic carbocycles. The van der Waals surface area contributed by atoms with Gasteiger partial charge in [-0.25, -0.2) is 9.18 Å². The molecule has 3 rings (SSSR count). The van der Waals surface area contributed by atoms with E-state index in [-0.39, 0.29) is 23.0 Å². The van der Waals surface area contributed by atoms with Crippen LogP contribution in [0.4, 0.5) is 4.39 Å². The molecule has 1 amide bonds. The monoisotopic (exact) mass is 359 g/mol. The Morgan fingerprint density at radius 2 is 1.77 bits per heavy atom. The first kappa shape index (κ1) is 18.2. The summed E-state index contributed by atoms with van der Waals surface area (Å²) in [5.74, 6) is -1.18. The Labute approximate surface area is 151 Å². The van der Waals surface area contributed by atoms with Gasteiger partial charge in [0, 0.05) is 13.1 Å². The van der Waals surface area contributed by atoms with Crippen molar-refractivity contribution in [1.29, 1.82) is 0 Å². The standard InChI is InChI=1S/C20H22FNO4/c1-14(19(23)22-12-6-2-3-7-13-22)25-20(24)18-11-10-17(26-18)15-8-4-5-9-16(15)21/h4-5,8-11,14H,2-3,6-7,12-13H2,1H3.